The predicted octanol–water partition coefficient (Wildman–Crippen LogP) is 2.09. The minimum Gasteiger partial charge on any atom is -0.387 e. The predicted molar refractivity (Wildman–Crippen MR) is 63.3 cm³/mol. The standard InChI is InChI=1S/C12H12N2OS/c15-12-9-3-1-2-4-10(9)16-11(12)7-14-6-5-13-8-14/h1-6,8,11-12,15H,7H2/t11-,12-/m0/s1. The van der Waals surface area contributed by atoms with Gasteiger partial charge in [0.25, 0.3) is 0 Å². The molecule has 0 saturated heterocycles. The quantitative estimate of drug-likeness (QED) is 0.861. The van der Waals surface area contributed by atoms with E-state index < -0.39 is 0 Å². The van der Waals surface area contributed by atoms with Crippen LogP contribution in [-0.2, 0) is 6.54 Å². The summed E-state index contributed by atoms with van der Waals surface area (Å²) in [4.78, 5) is 5.21. The van der Waals surface area contributed by atoms with E-state index >= 15 is 0 Å². The number of fused-ring (bicyclic) bond motifs is 1. The lowest BCUT2D eigenvalue weighted by Crippen LogP contribution is -2.16. The molecule has 0 aliphatic carbocycles. The molecule has 0 amide bonds. The highest BCUT2D eigenvalue weighted by molar-refractivity contribution is 8.00. The Labute approximate surface area is 98.1 Å². The first-order chi connectivity index (χ1) is 7.84. The number of aliphatic hydroxyl groups excluding tert-OH is 1. The second kappa shape index (κ2) is 3.96. The molecule has 1 N–H and O–H groups in total. The van der Waals surface area contributed by atoms with Crippen molar-refractivity contribution in [3.8, 4) is 0 Å². The molecule has 0 fully saturated rings. The Morgan fingerprint density at radius 3 is 3.00 bits per heavy atom. The molecule has 0 spiro atoms. The van der Waals surface area contributed by atoms with Crippen LogP contribution in [0.15, 0.2) is 47.9 Å². The molecule has 4 heteroatoms. The van der Waals surface area contributed by atoms with Crippen LogP contribution in [0.25, 0.3) is 0 Å². The molecule has 0 bridgehead atoms. The fourth-order valence-electron chi connectivity index (χ4n) is 2.00. The summed E-state index contributed by atoms with van der Waals surface area (Å²) in [5.41, 5.74) is 1.05. The van der Waals surface area contributed by atoms with Crippen LogP contribution in [-0.4, -0.2) is 19.9 Å². The third-order valence-corrected chi connectivity index (χ3v) is 4.15. The van der Waals surface area contributed by atoms with Gasteiger partial charge in [-0.3, -0.25) is 0 Å². The summed E-state index contributed by atoms with van der Waals surface area (Å²) in [5.74, 6) is 0. The van der Waals surface area contributed by atoms with E-state index in [2.05, 4.69) is 11.1 Å². The van der Waals surface area contributed by atoms with Crippen LogP contribution in [0.5, 0.6) is 0 Å². The first kappa shape index (κ1) is 9.93. The van der Waals surface area contributed by atoms with Crippen LogP contribution in [0.4, 0.5) is 0 Å². The first-order valence-corrected chi connectivity index (χ1v) is 6.12. The van der Waals surface area contributed by atoms with Crippen molar-refractivity contribution in [3.05, 3.63) is 48.5 Å². The maximum Gasteiger partial charge on any atom is 0.0946 e. The van der Waals surface area contributed by atoms with Crippen LogP contribution in [0.2, 0.25) is 0 Å². The molecule has 2 aromatic rings. The van der Waals surface area contributed by atoms with Crippen LogP contribution >= 0.6 is 11.8 Å². The molecule has 1 aromatic heterocycles. The number of benzene rings is 1. The molecular weight excluding hydrogens is 220 g/mol. The van der Waals surface area contributed by atoms with Gasteiger partial charge in [0.2, 0.25) is 0 Å². The summed E-state index contributed by atoms with van der Waals surface area (Å²) in [5, 5.41) is 10.4. The number of nitrogens with zero attached hydrogens (tertiary/aromatic N) is 2. The average molecular weight is 232 g/mol. The van der Waals surface area contributed by atoms with E-state index in [-0.39, 0.29) is 11.4 Å². The second-order valence-electron chi connectivity index (χ2n) is 3.90. The van der Waals surface area contributed by atoms with Crippen molar-refractivity contribution >= 4 is 11.8 Å². The molecule has 1 aliphatic heterocycles. The molecule has 2 atom stereocenters. The molecule has 3 rings (SSSR count). The Morgan fingerprint density at radius 1 is 1.38 bits per heavy atom. The van der Waals surface area contributed by atoms with Crippen molar-refractivity contribution in [3.63, 3.8) is 0 Å². The molecule has 3 nitrogen and oxygen atoms in total. The van der Waals surface area contributed by atoms with E-state index in [0.29, 0.717) is 0 Å². The van der Waals surface area contributed by atoms with Gasteiger partial charge in [-0.2, -0.15) is 0 Å². The lowest BCUT2D eigenvalue weighted by molar-refractivity contribution is 0.170. The average Bonchev–Trinajstić information content (AvgIpc) is 2.90. The lowest BCUT2D eigenvalue weighted by Gasteiger charge is -2.14. The van der Waals surface area contributed by atoms with Crippen LogP contribution in [0.3, 0.4) is 0 Å². The van der Waals surface area contributed by atoms with Crippen LogP contribution in [0.1, 0.15) is 11.7 Å². The van der Waals surface area contributed by atoms with E-state index in [1.165, 1.54) is 4.90 Å². The summed E-state index contributed by atoms with van der Waals surface area (Å²) in [6.45, 7) is 0.792. The number of aromatic nitrogens is 2. The topological polar surface area (TPSA) is 38.0 Å². The van der Waals surface area contributed by atoms with Gasteiger partial charge < -0.3 is 9.67 Å². The van der Waals surface area contributed by atoms with Crippen molar-refractivity contribution in [1.82, 2.24) is 9.55 Å². The van der Waals surface area contributed by atoms with Gasteiger partial charge >= 0.3 is 0 Å². The molecule has 82 valence electrons. The van der Waals surface area contributed by atoms with E-state index in [1.807, 2.05) is 29.0 Å². The number of imidazole rings is 1. The number of rotatable bonds is 2. The van der Waals surface area contributed by atoms with Crippen LogP contribution in [0, 0.1) is 0 Å². The molecule has 0 radical (unpaired) electrons. The Morgan fingerprint density at radius 2 is 2.25 bits per heavy atom. The lowest BCUT2D eigenvalue weighted by atomic mass is 10.1. The Bertz CT molecular complexity index is 482. The van der Waals surface area contributed by atoms with Crippen molar-refractivity contribution in [2.45, 2.75) is 22.8 Å². The zero-order valence-electron chi connectivity index (χ0n) is 8.65. The third-order valence-electron chi connectivity index (χ3n) is 2.82. The number of hydrogen-bond donors (Lipinski definition) is 1. The number of hydrogen-bond acceptors (Lipinski definition) is 3. The van der Waals surface area contributed by atoms with Gasteiger partial charge in [-0.1, -0.05) is 18.2 Å². The molecular formula is C12H12N2OS. The minimum atomic E-state index is -0.372. The summed E-state index contributed by atoms with van der Waals surface area (Å²) >= 11 is 1.74. The number of thioether (sulfide) groups is 1. The highest BCUT2D eigenvalue weighted by Gasteiger charge is 2.31. The van der Waals surface area contributed by atoms with Gasteiger partial charge in [-0.25, -0.2) is 4.98 Å². The molecule has 0 unspecified atom stereocenters. The minimum absolute atomic E-state index is 0.187. The third kappa shape index (κ3) is 1.64. The maximum atomic E-state index is 10.2. The van der Waals surface area contributed by atoms with Crippen molar-refractivity contribution < 1.29 is 5.11 Å². The van der Waals surface area contributed by atoms with E-state index in [4.69, 9.17) is 0 Å². The van der Waals surface area contributed by atoms with Gasteiger partial charge in [0.05, 0.1) is 17.7 Å². The van der Waals surface area contributed by atoms with Crippen molar-refractivity contribution in [2.75, 3.05) is 0 Å². The van der Waals surface area contributed by atoms with Crippen molar-refractivity contribution in [1.29, 1.82) is 0 Å². The summed E-state index contributed by atoms with van der Waals surface area (Å²) in [6.07, 6.45) is 5.11. The van der Waals surface area contributed by atoms with Gasteiger partial charge in [0.15, 0.2) is 0 Å². The highest BCUT2D eigenvalue weighted by atomic mass is 32.2. The summed E-state index contributed by atoms with van der Waals surface area (Å²) < 4.78 is 2.01. The Kier molecular flexibility index (Phi) is 2.46. The second-order valence-corrected chi connectivity index (χ2v) is 5.18. The SMILES string of the molecule is O[C@H]1c2ccccc2S[C@H]1Cn1ccnc1. The van der Waals surface area contributed by atoms with Gasteiger partial charge in [-0.05, 0) is 11.6 Å². The molecule has 1 aliphatic rings. The molecule has 0 saturated carbocycles. The summed E-state index contributed by atoms with van der Waals surface area (Å²) in [7, 11) is 0. The Balaban J connectivity index is 1.82. The summed E-state index contributed by atoms with van der Waals surface area (Å²) in [6, 6.07) is 8.05. The van der Waals surface area contributed by atoms with E-state index in [9.17, 15) is 5.11 Å². The zero-order chi connectivity index (χ0) is 11.0. The van der Waals surface area contributed by atoms with E-state index in [0.717, 1.165) is 12.1 Å². The molecule has 1 aromatic carbocycles. The van der Waals surface area contributed by atoms with Gasteiger partial charge in [0, 0.05) is 23.8 Å². The molecule has 16 heavy (non-hydrogen) atoms. The van der Waals surface area contributed by atoms with E-state index in [1.54, 1.807) is 24.3 Å². The van der Waals surface area contributed by atoms with Crippen LogP contribution < -0.4 is 0 Å². The van der Waals surface area contributed by atoms with Gasteiger partial charge in [-0.15, -0.1) is 11.8 Å². The Hall–Kier alpha value is -1.26. The monoisotopic (exact) mass is 232 g/mol. The first-order valence-electron chi connectivity index (χ1n) is 5.24. The fraction of sp³-hybridized carbons (Fsp3) is 0.250. The van der Waals surface area contributed by atoms with Crippen molar-refractivity contribution in [2.24, 2.45) is 0 Å². The fourth-order valence-corrected chi connectivity index (χ4v) is 3.33. The zero-order valence-corrected chi connectivity index (χ0v) is 9.47. The maximum absolute atomic E-state index is 10.2. The smallest absolute Gasteiger partial charge is 0.0946 e. The largest absolute Gasteiger partial charge is 0.387 e. The normalized spacial score (nSPS) is 23.3. The highest BCUT2D eigenvalue weighted by Crippen LogP contribution is 2.44. The van der Waals surface area contributed by atoms with Gasteiger partial charge in [0.1, 0.15) is 0 Å². The number of aliphatic hydroxyl groups is 1. The molecule has 2 heterocycles.